The van der Waals surface area contributed by atoms with Crippen LogP contribution in [0.2, 0.25) is 0 Å². The van der Waals surface area contributed by atoms with Crippen molar-refractivity contribution in [1.82, 2.24) is 10.2 Å². The van der Waals surface area contributed by atoms with Crippen molar-refractivity contribution >= 4 is 5.91 Å². The second-order valence-corrected chi connectivity index (χ2v) is 6.41. The van der Waals surface area contributed by atoms with Gasteiger partial charge in [-0.2, -0.15) is 0 Å². The van der Waals surface area contributed by atoms with E-state index < -0.39 is 23.1 Å². The van der Waals surface area contributed by atoms with E-state index in [1.807, 2.05) is 0 Å². The molecule has 1 heterocycles. The van der Waals surface area contributed by atoms with Crippen LogP contribution in [-0.4, -0.2) is 37.0 Å². The number of rotatable bonds is 5. The van der Waals surface area contributed by atoms with E-state index in [-0.39, 0.29) is 0 Å². The van der Waals surface area contributed by atoms with Crippen LogP contribution in [-0.2, 0) is 0 Å². The Morgan fingerprint density at radius 3 is 2.41 bits per heavy atom. The van der Waals surface area contributed by atoms with Gasteiger partial charge in [-0.3, -0.25) is 4.79 Å². The van der Waals surface area contributed by atoms with Crippen LogP contribution in [0, 0.1) is 23.5 Å². The maximum absolute atomic E-state index is 13.5. The molecule has 1 aromatic rings. The first kappa shape index (κ1) is 16.9. The zero-order chi connectivity index (χ0) is 16.1. The van der Waals surface area contributed by atoms with Crippen LogP contribution in [0.1, 0.15) is 37.0 Å². The van der Waals surface area contributed by atoms with Crippen LogP contribution < -0.4 is 5.32 Å². The van der Waals surface area contributed by atoms with Gasteiger partial charge in [-0.05, 0) is 43.4 Å². The molecular formula is C17H24F2N2O. The molecule has 1 fully saturated rings. The minimum absolute atomic E-state index is 0.422. The molecule has 122 valence electrons. The molecule has 5 heteroatoms. The minimum atomic E-state index is -0.823. The third-order valence-corrected chi connectivity index (χ3v) is 4.07. The molecule has 1 aliphatic heterocycles. The lowest BCUT2D eigenvalue weighted by molar-refractivity contribution is 0.0939. The third kappa shape index (κ3) is 4.50. The summed E-state index contributed by atoms with van der Waals surface area (Å²) in [4.78, 5) is 14.2. The summed E-state index contributed by atoms with van der Waals surface area (Å²) in [5.74, 6) is -0.931. The normalized spacial score (nSPS) is 22.5. The average Bonchev–Trinajstić information content (AvgIpc) is 2.42. The Hall–Kier alpha value is -1.49. The lowest BCUT2D eigenvalue weighted by Crippen LogP contribution is -2.40. The number of halogens is 2. The molecule has 22 heavy (non-hydrogen) atoms. The van der Waals surface area contributed by atoms with Gasteiger partial charge in [0.15, 0.2) is 0 Å². The lowest BCUT2D eigenvalue weighted by Gasteiger charge is -2.34. The van der Waals surface area contributed by atoms with Crippen molar-refractivity contribution in [3.8, 4) is 0 Å². The highest BCUT2D eigenvalue weighted by molar-refractivity contribution is 5.94. The standard InChI is InChI=1S/C17H24F2N2O/c1-12-9-13(2)11-21(10-12)8-4-7-20-17(22)16-14(18)5-3-6-15(16)19/h3,5-6,12-13H,4,7-11H2,1-2H3,(H,20,22)/t12-,13-/m0/s1. The highest BCUT2D eigenvalue weighted by Gasteiger charge is 2.21. The minimum Gasteiger partial charge on any atom is -0.352 e. The first-order valence-corrected chi connectivity index (χ1v) is 7.92. The number of hydrogen-bond donors (Lipinski definition) is 1. The van der Waals surface area contributed by atoms with Gasteiger partial charge in [0.1, 0.15) is 17.2 Å². The van der Waals surface area contributed by atoms with Gasteiger partial charge >= 0.3 is 0 Å². The van der Waals surface area contributed by atoms with Gasteiger partial charge in [0.25, 0.3) is 5.91 Å². The van der Waals surface area contributed by atoms with Crippen molar-refractivity contribution in [2.45, 2.75) is 26.7 Å². The molecule has 0 spiro atoms. The summed E-state index contributed by atoms with van der Waals surface area (Å²) in [6.07, 6.45) is 2.04. The van der Waals surface area contributed by atoms with Crippen molar-refractivity contribution in [3.05, 3.63) is 35.4 Å². The van der Waals surface area contributed by atoms with Crippen LogP contribution in [0.15, 0.2) is 18.2 Å². The summed E-state index contributed by atoms with van der Waals surface area (Å²) >= 11 is 0. The molecular weight excluding hydrogens is 286 g/mol. The van der Waals surface area contributed by atoms with E-state index in [1.165, 1.54) is 12.5 Å². The van der Waals surface area contributed by atoms with Gasteiger partial charge in [-0.25, -0.2) is 8.78 Å². The van der Waals surface area contributed by atoms with E-state index in [0.29, 0.717) is 18.4 Å². The predicted molar refractivity (Wildman–Crippen MR) is 82.7 cm³/mol. The fourth-order valence-corrected chi connectivity index (χ4v) is 3.28. The van der Waals surface area contributed by atoms with Crippen molar-refractivity contribution in [2.24, 2.45) is 11.8 Å². The second kappa shape index (κ2) is 7.68. The molecule has 3 nitrogen and oxygen atoms in total. The molecule has 1 amide bonds. The number of carbonyl (C=O) groups is 1. The Balaban J connectivity index is 1.76. The molecule has 1 aliphatic rings. The van der Waals surface area contributed by atoms with E-state index in [9.17, 15) is 13.6 Å². The predicted octanol–water partition coefficient (Wildman–Crippen LogP) is 3.06. The number of likely N-dealkylation sites (tertiary alicyclic amines) is 1. The molecule has 1 N–H and O–H groups in total. The van der Waals surface area contributed by atoms with Crippen LogP contribution in [0.3, 0.4) is 0 Å². The highest BCUT2D eigenvalue weighted by atomic mass is 19.1. The van der Waals surface area contributed by atoms with E-state index in [2.05, 4.69) is 24.1 Å². The summed E-state index contributed by atoms with van der Waals surface area (Å²) in [7, 11) is 0. The molecule has 0 aromatic heterocycles. The number of benzene rings is 1. The van der Waals surface area contributed by atoms with Crippen LogP contribution >= 0.6 is 0 Å². The Labute approximate surface area is 130 Å². The maximum Gasteiger partial charge on any atom is 0.257 e. The van der Waals surface area contributed by atoms with Crippen molar-refractivity contribution in [1.29, 1.82) is 0 Å². The van der Waals surface area contributed by atoms with Crippen molar-refractivity contribution in [2.75, 3.05) is 26.2 Å². The summed E-state index contributed by atoms with van der Waals surface area (Å²) in [6, 6.07) is 3.43. The topological polar surface area (TPSA) is 32.3 Å². The van der Waals surface area contributed by atoms with Gasteiger partial charge in [-0.15, -0.1) is 0 Å². The number of nitrogens with zero attached hydrogens (tertiary/aromatic N) is 1. The molecule has 0 radical (unpaired) electrons. The quantitative estimate of drug-likeness (QED) is 0.848. The smallest absolute Gasteiger partial charge is 0.257 e. The summed E-state index contributed by atoms with van der Waals surface area (Å²) in [5, 5.41) is 2.60. The van der Waals surface area contributed by atoms with E-state index in [1.54, 1.807) is 0 Å². The third-order valence-electron chi connectivity index (χ3n) is 4.07. The first-order chi connectivity index (χ1) is 10.5. The molecule has 0 aliphatic carbocycles. The molecule has 1 saturated heterocycles. The Morgan fingerprint density at radius 1 is 1.23 bits per heavy atom. The number of amides is 1. The second-order valence-electron chi connectivity index (χ2n) is 6.41. The molecule has 1 aromatic carbocycles. The van der Waals surface area contributed by atoms with Crippen LogP contribution in [0.4, 0.5) is 8.78 Å². The number of hydrogen-bond acceptors (Lipinski definition) is 2. The Kier molecular flexibility index (Phi) is 5.89. The van der Waals surface area contributed by atoms with Gasteiger partial charge < -0.3 is 10.2 Å². The fourth-order valence-electron chi connectivity index (χ4n) is 3.28. The zero-order valence-electron chi connectivity index (χ0n) is 13.2. The van der Waals surface area contributed by atoms with Crippen LogP contribution in [0.5, 0.6) is 0 Å². The van der Waals surface area contributed by atoms with Gasteiger partial charge in [0, 0.05) is 19.6 Å². The average molecular weight is 310 g/mol. The van der Waals surface area contributed by atoms with Gasteiger partial charge in [0.05, 0.1) is 0 Å². The van der Waals surface area contributed by atoms with E-state index in [0.717, 1.165) is 38.2 Å². The maximum atomic E-state index is 13.5. The molecule has 2 atom stereocenters. The monoisotopic (exact) mass is 310 g/mol. The largest absolute Gasteiger partial charge is 0.352 e. The number of piperidine rings is 1. The zero-order valence-corrected chi connectivity index (χ0v) is 13.2. The number of nitrogens with one attached hydrogen (secondary N) is 1. The SMILES string of the molecule is C[C@H]1C[C@H](C)CN(CCCNC(=O)c2c(F)cccc2F)C1. The summed E-state index contributed by atoms with van der Waals surface area (Å²) in [6.45, 7) is 8.00. The van der Waals surface area contributed by atoms with E-state index >= 15 is 0 Å². The van der Waals surface area contributed by atoms with E-state index in [4.69, 9.17) is 0 Å². The number of carbonyl (C=O) groups excluding carboxylic acids is 1. The molecule has 0 bridgehead atoms. The van der Waals surface area contributed by atoms with Crippen molar-refractivity contribution < 1.29 is 13.6 Å². The van der Waals surface area contributed by atoms with Crippen molar-refractivity contribution in [3.63, 3.8) is 0 Å². The molecule has 2 rings (SSSR count). The summed E-state index contributed by atoms with van der Waals surface area (Å²) < 4.78 is 27.0. The molecule has 0 unspecified atom stereocenters. The highest BCUT2D eigenvalue weighted by Crippen LogP contribution is 2.20. The lowest BCUT2D eigenvalue weighted by atomic mass is 9.92. The van der Waals surface area contributed by atoms with Gasteiger partial charge in [0.2, 0.25) is 0 Å². The Bertz CT molecular complexity index is 491. The fraction of sp³-hybridized carbons (Fsp3) is 0.588. The van der Waals surface area contributed by atoms with Gasteiger partial charge in [-0.1, -0.05) is 19.9 Å². The van der Waals surface area contributed by atoms with Crippen LogP contribution in [0.25, 0.3) is 0 Å². The first-order valence-electron chi connectivity index (χ1n) is 7.92. The Morgan fingerprint density at radius 2 is 1.82 bits per heavy atom. The molecule has 0 saturated carbocycles. The summed E-state index contributed by atoms with van der Waals surface area (Å²) in [5.41, 5.74) is -0.497.